The molecule has 0 aromatic heterocycles. The quantitative estimate of drug-likeness (QED) is 0.792. The van der Waals surface area contributed by atoms with Crippen LogP contribution in [0.15, 0.2) is 0 Å². The van der Waals surface area contributed by atoms with E-state index in [1.807, 2.05) is 0 Å². The molecule has 0 aromatic carbocycles. The molecular weight excluding hydrogens is 212 g/mol. The van der Waals surface area contributed by atoms with Crippen LogP contribution in [0.2, 0.25) is 0 Å². The lowest BCUT2D eigenvalue weighted by molar-refractivity contribution is 0.109. The van der Waals surface area contributed by atoms with Crippen molar-refractivity contribution in [1.29, 1.82) is 0 Å². The minimum atomic E-state index is 0.722. The lowest BCUT2D eigenvalue weighted by Crippen LogP contribution is -2.43. The maximum absolute atomic E-state index is 5.47. The van der Waals surface area contributed by atoms with Crippen molar-refractivity contribution in [3.05, 3.63) is 0 Å². The summed E-state index contributed by atoms with van der Waals surface area (Å²) in [5.74, 6) is 1.66. The van der Waals surface area contributed by atoms with Crippen LogP contribution in [0.3, 0.4) is 0 Å². The number of likely N-dealkylation sites (tertiary alicyclic amines) is 1. The zero-order valence-electron chi connectivity index (χ0n) is 11.5. The molecule has 1 unspecified atom stereocenters. The Morgan fingerprint density at radius 3 is 2.59 bits per heavy atom. The maximum atomic E-state index is 5.47. The molecular formula is C14H28N2O. The first-order chi connectivity index (χ1) is 8.25. The lowest BCUT2D eigenvalue weighted by atomic mass is 9.95. The molecule has 2 aliphatic heterocycles. The second-order valence-corrected chi connectivity index (χ2v) is 6.05. The minimum Gasteiger partial charge on any atom is -0.380 e. The maximum Gasteiger partial charge on any atom is 0.0622 e. The molecule has 0 aromatic rings. The SMILES string of the molecule is CC(C)CNCC1CCN(C2CCOC2)CC1. The molecule has 0 radical (unpaired) electrons. The van der Waals surface area contributed by atoms with E-state index in [0.717, 1.165) is 37.6 Å². The molecule has 0 saturated carbocycles. The molecule has 2 fully saturated rings. The fourth-order valence-corrected chi connectivity index (χ4v) is 2.91. The van der Waals surface area contributed by atoms with E-state index in [1.54, 1.807) is 0 Å². The summed E-state index contributed by atoms with van der Waals surface area (Å²) in [6.45, 7) is 11.4. The fraction of sp³-hybridized carbons (Fsp3) is 1.00. The summed E-state index contributed by atoms with van der Waals surface area (Å²) < 4.78 is 5.47. The largest absolute Gasteiger partial charge is 0.380 e. The Morgan fingerprint density at radius 1 is 1.24 bits per heavy atom. The summed E-state index contributed by atoms with van der Waals surface area (Å²) in [6.07, 6.45) is 3.97. The highest BCUT2D eigenvalue weighted by Gasteiger charge is 2.27. The summed E-state index contributed by atoms with van der Waals surface area (Å²) in [5.41, 5.74) is 0. The summed E-state index contributed by atoms with van der Waals surface area (Å²) in [6, 6.07) is 0.722. The van der Waals surface area contributed by atoms with Gasteiger partial charge in [0.25, 0.3) is 0 Å². The molecule has 3 nitrogen and oxygen atoms in total. The van der Waals surface area contributed by atoms with E-state index < -0.39 is 0 Å². The summed E-state index contributed by atoms with van der Waals surface area (Å²) >= 11 is 0. The van der Waals surface area contributed by atoms with Gasteiger partial charge in [-0.25, -0.2) is 0 Å². The highest BCUT2D eigenvalue weighted by Crippen LogP contribution is 2.21. The average molecular weight is 240 g/mol. The van der Waals surface area contributed by atoms with Crippen molar-refractivity contribution in [3.63, 3.8) is 0 Å². The third-order valence-electron chi connectivity index (χ3n) is 4.06. The van der Waals surface area contributed by atoms with Crippen molar-refractivity contribution in [2.75, 3.05) is 39.4 Å². The van der Waals surface area contributed by atoms with Gasteiger partial charge >= 0.3 is 0 Å². The third kappa shape index (κ3) is 4.23. The van der Waals surface area contributed by atoms with E-state index in [4.69, 9.17) is 4.74 Å². The number of nitrogens with one attached hydrogen (secondary N) is 1. The van der Waals surface area contributed by atoms with E-state index in [1.165, 1.54) is 38.9 Å². The van der Waals surface area contributed by atoms with Crippen molar-refractivity contribution in [3.8, 4) is 0 Å². The molecule has 17 heavy (non-hydrogen) atoms. The number of nitrogens with zero attached hydrogens (tertiary/aromatic N) is 1. The molecule has 2 heterocycles. The first-order valence-electron chi connectivity index (χ1n) is 7.28. The van der Waals surface area contributed by atoms with Gasteiger partial charge in [0.2, 0.25) is 0 Å². The second-order valence-electron chi connectivity index (χ2n) is 6.05. The summed E-state index contributed by atoms with van der Waals surface area (Å²) in [5, 5.41) is 3.60. The zero-order chi connectivity index (χ0) is 12.1. The minimum absolute atomic E-state index is 0.722. The van der Waals surface area contributed by atoms with Gasteiger partial charge in [0, 0.05) is 12.6 Å². The third-order valence-corrected chi connectivity index (χ3v) is 4.06. The van der Waals surface area contributed by atoms with Gasteiger partial charge < -0.3 is 10.1 Å². The standard InChI is InChI=1S/C14H28N2O/c1-12(2)9-15-10-13-3-6-16(7-4-13)14-5-8-17-11-14/h12-15H,3-11H2,1-2H3. The smallest absolute Gasteiger partial charge is 0.0622 e. The van der Waals surface area contributed by atoms with E-state index in [-0.39, 0.29) is 0 Å². The first-order valence-corrected chi connectivity index (χ1v) is 7.28. The van der Waals surface area contributed by atoms with Gasteiger partial charge in [0.05, 0.1) is 6.61 Å². The average Bonchev–Trinajstić information content (AvgIpc) is 2.83. The molecule has 0 amide bonds. The number of ether oxygens (including phenoxy) is 1. The highest BCUT2D eigenvalue weighted by atomic mass is 16.5. The monoisotopic (exact) mass is 240 g/mol. The van der Waals surface area contributed by atoms with Crippen molar-refractivity contribution in [1.82, 2.24) is 10.2 Å². The van der Waals surface area contributed by atoms with Crippen LogP contribution >= 0.6 is 0 Å². The Kier molecular flexibility index (Phi) is 5.26. The molecule has 2 aliphatic rings. The molecule has 3 heteroatoms. The zero-order valence-corrected chi connectivity index (χ0v) is 11.5. The number of piperidine rings is 1. The Balaban J connectivity index is 1.60. The lowest BCUT2D eigenvalue weighted by Gasteiger charge is -2.35. The highest BCUT2D eigenvalue weighted by molar-refractivity contribution is 4.81. The van der Waals surface area contributed by atoms with Gasteiger partial charge in [-0.05, 0) is 57.3 Å². The normalized spacial score (nSPS) is 28.1. The summed E-state index contributed by atoms with van der Waals surface area (Å²) in [4.78, 5) is 2.64. The Labute approximate surface area is 106 Å². The van der Waals surface area contributed by atoms with E-state index >= 15 is 0 Å². The van der Waals surface area contributed by atoms with Crippen LogP contribution in [0.5, 0.6) is 0 Å². The molecule has 2 saturated heterocycles. The van der Waals surface area contributed by atoms with Crippen LogP contribution < -0.4 is 5.32 Å². The van der Waals surface area contributed by atoms with Gasteiger partial charge in [-0.15, -0.1) is 0 Å². The van der Waals surface area contributed by atoms with Crippen LogP contribution in [0, 0.1) is 11.8 Å². The van der Waals surface area contributed by atoms with Crippen LogP contribution in [0.1, 0.15) is 33.1 Å². The van der Waals surface area contributed by atoms with Crippen molar-refractivity contribution in [2.45, 2.75) is 39.2 Å². The van der Waals surface area contributed by atoms with Crippen molar-refractivity contribution >= 4 is 0 Å². The van der Waals surface area contributed by atoms with Gasteiger partial charge in [0.15, 0.2) is 0 Å². The molecule has 0 aliphatic carbocycles. The predicted octanol–water partition coefficient (Wildman–Crippen LogP) is 1.73. The Morgan fingerprint density at radius 2 is 2.00 bits per heavy atom. The molecule has 0 bridgehead atoms. The molecule has 0 spiro atoms. The van der Waals surface area contributed by atoms with Crippen molar-refractivity contribution in [2.24, 2.45) is 11.8 Å². The van der Waals surface area contributed by atoms with Crippen molar-refractivity contribution < 1.29 is 4.74 Å². The molecule has 2 rings (SSSR count). The second kappa shape index (κ2) is 6.72. The molecule has 1 atom stereocenters. The number of hydrogen-bond donors (Lipinski definition) is 1. The van der Waals surface area contributed by atoms with Crippen LogP contribution in [-0.2, 0) is 4.74 Å². The number of hydrogen-bond acceptors (Lipinski definition) is 3. The van der Waals surface area contributed by atoms with E-state index in [0.29, 0.717) is 0 Å². The van der Waals surface area contributed by atoms with E-state index in [2.05, 4.69) is 24.1 Å². The van der Waals surface area contributed by atoms with Gasteiger partial charge in [0.1, 0.15) is 0 Å². The Hall–Kier alpha value is -0.120. The van der Waals surface area contributed by atoms with Gasteiger partial charge in [-0.3, -0.25) is 4.90 Å². The first kappa shape index (κ1) is 13.3. The van der Waals surface area contributed by atoms with Crippen LogP contribution in [0.25, 0.3) is 0 Å². The van der Waals surface area contributed by atoms with Gasteiger partial charge in [-0.1, -0.05) is 13.8 Å². The van der Waals surface area contributed by atoms with Crippen LogP contribution in [0.4, 0.5) is 0 Å². The van der Waals surface area contributed by atoms with Gasteiger partial charge in [-0.2, -0.15) is 0 Å². The number of rotatable bonds is 5. The molecule has 1 N–H and O–H groups in total. The molecule has 100 valence electrons. The topological polar surface area (TPSA) is 24.5 Å². The summed E-state index contributed by atoms with van der Waals surface area (Å²) in [7, 11) is 0. The Bertz CT molecular complexity index is 206. The predicted molar refractivity (Wildman–Crippen MR) is 71.2 cm³/mol. The van der Waals surface area contributed by atoms with Crippen LogP contribution in [-0.4, -0.2) is 50.3 Å². The van der Waals surface area contributed by atoms with E-state index in [9.17, 15) is 0 Å². The fourth-order valence-electron chi connectivity index (χ4n) is 2.91.